The normalized spacial score (nSPS) is 20.4. The first-order valence-corrected chi connectivity index (χ1v) is 9.67. The first-order valence-electron chi connectivity index (χ1n) is 8.79. The lowest BCUT2D eigenvalue weighted by atomic mass is 9.94. The number of carbonyl (C=O) groups excluding carboxylic acids is 1. The Morgan fingerprint density at radius 2 is 2.00 bits per heavy atom. The van der Waals surface area contributed by atoms with Gasteiger partial charge in [-0.2, -0.15) is 0 Å². The van der Waals surface area contributed by atoms with E-state index in [9.17, 15) is 4.79 Å². The first kappa shape index (κ1) is 16.6. The fourth-order valence-corrected chi connectivity index (χ4v) is 4.26. The van der Waals surface area contributed by atoms with Gasteiger partial charge in [0, 0.05) is 18.5 Å². The molecule has 0 aromatic carbocycles. The number of nitrogen functional groups attached to an aromatic ring is 1. The largest absolute Gasteiger partial charge is 0.339 e. The highest BCUT2D eigenvalue weighted by Crippen LogP contribution is 2.39. The van der Waals surface area contributed by atoms with Crippen LogP contribution in [0.3, 0.4) is 0 Å². The molecule has 2 fully saturated rings. The van der Waals surface area contributed by atoms with Crippen molar-refractivity contribution >= 4 is 17.7 Å². The standard InChI is InChI=1S/C16H27N5OS/c1-3-20(13-7-5-4-6-8-13)15(22)11(2)23-16-19-18-14(21(16)17)12-9-10-12/h11-13H,3-10,17H2,1-2H3/t11-/m0/s1. The molecular weight excluding hydrogens is 310 g/mol. The molecule has 0 radical (unpaired) electrons. The van der Waals surface area contributed by atoms with Crippen LogP contribution < -0.4 is 5.84 Å². The monoisotopic (exact) mass is 337 g/mol. The van der Waals surface area contributed by atoms with Crippen molar-refractivity contribution < 1.29 is 4.79 Å². The van der Waals surface area contributed by atoms with Crippen LogP contribution in [-0.2, 0) is 4.79 Å². The zero-order valence-corrected chi connectivity index (χ0v) is 14.9. The van der Waals surface area contributed by atoms with E-state index in [1.807, 2.05) is 6.92 Å². The maximum Gasteiger partial charge on any atom is 0.236 e. The molecule has 1 aromatic rings. The minimum atomic E-state index is -0.185. The Bertz CT molecular complexity index is 551. The highest BCUT2D eigenvalue weighted by atomic mass is 32.2. The molecule has 3 rings (SSSR count). The highest BCUT2D eigenvalue weighted by Gasteiger charge is 2.32. The predicted molar refractivity (Wildman–Crippen MR) is 91.7 cm³/mol. The molecule has 2 aliphatic carbocycles. The lowest BCUT2D eigenvalue weighted by Gasteiger charge is -2.35. The molecule has 0 aliphatic heterocycles. The Kier molecular flexibility index (Phi) is 5.14. The van der Waals surface area contributed by atoms with Crippen molar-refractivity contribution in [1.82, 2.24) is 19.8 Å². The number of hydrogen-bond donors (Lipinski definition) is 1. The van der Waals surface area contributed by atoms with Gasteiger partial charge < -0.3 is 10.7 Å². The summed E-state index contributed by atoms with van der Waals surface area (Å²) >= 11 is 1.43. The van der Waals surface area contributed by atoms with E-state index in [1.165, 1.54) is 31.0 Å². The molecule has 128 valence electrons. The first-order chi connectivity index (χ1) is 11.1. The number of amides is 1. The summed E-state index contributed by atoms with van der Waals surface area (Å²) in [7, 11) is 0. The Balaban J connectivity index is 1.63. The number of nitrogens with zero attached hydrogens (tertiary/aromatic N) is 4. The van der Waals surface area contributed by atoms with Gasteiger partial charge in [0.15, 0.2) is 5.82 Å². The van der Waals surface area contributed by atoms with Crippen molar-refractivity contribution in [2.45, 2.75) is 81.2 Å². The third-order valence-corrected chi connectivity index (χ3v) is 5.95. The van der Waals surface area contributed by atoms with E-state index in [4.69, 9.17) is 5.84 Å². The van der Waals surface area contributed by atoms with Crippen LogP contribution in [0.2, 0.25) is 0 Å². The molecule has 0 saturated heterocycles. The van der Waals surface area contributed by atoms with Crippen LogP contribution in [-0.4, -0.2) is 43.5 Å². The van der Waals surface area contributed by atoms with E-state index in [2.05, 4.69) is 22.0 Å². The van der Waals surface area contributed by atoms with E-state index >= 15 is 0 Å². The van der Waals surface area contributed by atoms with Gasteiger partial charge in [0.25, 0.3) is 0 Å². The van der Waals surface area contributed by atoms with Crippen molar-refractivity contribution in [3.8, 4) is 0 Å². The minimum Gasteiger partial charge on any atom is -0.339 e. The third kappa shape index (κ3) is 3.65. The topological polar surface area (TPSA) is 77.0 Å². The van der Waals surface area contributed by atoms with Crippen molar-refractivity contribution in [2.24, 2.45) is 0 Å². The SMILES string of the molecule is CCN(C(=O)[C@H](C)Sc1nnc(C2CC2)n1N)C1CCCCC1. The number of hydrogen-bond acceptors (Lipinski definition) is 5. The molecule has 23 heavy (non-hydrogen) atoms. The van der Waals surface area contributed by atoms with Crippen molar-refractivity contribution in [3.63, 3.8) is 0 Å². The van der Waals surface area contributed by atoms with Gasteiger partial charge in [0.2, 0.25) is 11.1 Å². The van der Waals surface area contributed by atoms with Crippen molar-refractivity contribution in [2.75, 3.05) is 12.4 Å². The lowest BCUT2D eigenvalue weighted by Crippen LogP contribution is -2.44. The second kappa shape index (κ2) is 7.11. The van der Waals surface area contributed by atoms with E-state index in [-0.39, 0.29) is 11.2 Å². The molecular formula is C16H27N5OS. The molecule has 2 N–H and O–H groups in total. The molecule has 1 amide bonds. The number of carbonyl (C=O) groups is 1. The molecule has 0 unspecified atom stereocenters. The number of thioether (sulfide) groups is 1. The molecule has 1 aromatic heterocycles. The minimum absolute atomic E-state index is 0.185. The Morgan fingerprint density at radius 1 is 1.30 bits per heavy atom. The summed E-state index contributed by atoms with van der Waals surface area (Å²) in [4.78, 5) is 14.9. The molecule has 0 bridgehead atoms. The molecule has 1 heterocycles. The lowest BCUT2D eigenvalue weighted by molar-refractivity contribution is -0.133. The van der Waals surface area contributed by atoms with Gasteiger partial charge in [-0.3, -0.25) is 4.79 Å². The summed E-state index contributed by atoms with van der Waals surface area (Å²) in [6.45, 7) is 4.79. The van der Waals surface area contributed by atoms with Gasteiger partial charge in [-0.15, -0.1) is 10.2 Å². The number of aromatic nitrogens is 3. The summed E-state index contributed by atoms with van der Waals surface area (Å²) < 4.78 is 1.57. The van der Waals surface area contributed by atoms with Crippen LogP contribution in [0, 0.1) is 0 Å². The molecule has 0 spiro atoms. The van der Waals surface area contributed by atoms with Crippen LogP contribution in [0.25, 0.3) is 0 Å². The zero-order chi connectivity index (χ0) is 16.4. The Labute approximate surface area is 142 Å². The average Bonchev–Trinajstić information content (AvgIpc) is 3.34. The van der Waals surface area contributed by atoms with Gasteiger partial charge >= 0.3 is 0 Å². The number of rotatable bonds is 6. The molecule has 1 atom stereocenters. The summed E-state index contributed by atoms with van der Waals surface area (Å²) in [6.07, 6.45) is 8.31. The van der Waals surface area contributed by atoms with Gasteiger partial charge in [-0.25, -0.2) is 4.68 Å². The van der Waals surface area contributed by atoms with Gasteiger partial charge in [-0.05, 0) is 39.5 Å². The summed E-state index contributed by atoms with van der Waals surface area (Å²) in [6, 6.07) is 0.405. The van der Waals surface area contributed by atoms with Crippen LogP contribution in [0.5, 0.6) is 0 Å². The maximum absolute atomic E-state index is 12.8. The van der Waals surface area contributed by atoms with Crippen LogP contribution in [0.4, 0.5) is 0 Å². The summed E-state index contributed by atoms with van der Waals surface area (Å²) in [5.74, 6) is 7.60. The van der Waals surface area contributed by atoms with Crippen LogP contribution in [0.1, 0.15) is 70.5 Å². The van der Waals surface area contributed by atoms with E-state index in [0.29, 0.717) is 17.1 Å². The van der Waals surface area contributed by atoms with Crippen LogP contribution >= 0.6 is 11.8 Å². The maximum atomic E-state index is 12.8. The fourth-order valence-electron chi connectivity index (χ4n) is 3.42. The van der Waals surface area contributed by atoms with Gasteiger partial charge in [0.1, 0.15) is 0 Å². The molecule has 6 nitrogen and oxygen atoms in total. The third-order valence-electron chi connectivity index (χ3n) is 4.90. The summed E-state index contributed by atoms with van der Waals surface area (Å²) in [5.41, 5.74) is 0. The smallest absolute Gasteiger partial charge is 0.236 e. The Hall–Kier alpha value is -1.24. The highest BCUT2D eigenvalue weighted by molar-refractivity contribution is 8.00. The fraction of sp³-hybridized carbons (Fsp3) is 0.812. The quantitative estimate of drug-likeness (QED) is 0.637. The zero-order valence-electron chi connectivity index (χ0n) is 14.1. The summed E-state index contributed by atoms with van der Waals surface area (Å²) in [5, 5.41) is 8.83. The predicted octanol–water partition coefficient (Wildman–Crippen LogP) is 2.53. The molecule has 2 saturated carbocycles. The van der Waals surface area contributed by atoms with Crippen LogP contribution in [0.15, 0.2) is 5.16 Å². The molecule has 7 heteroatoms. The van der Waals surface area contributed by atoms with E-state index < -0.39 is 0 Å². The van der Waals surface area contributed by atoms with E-state index in [0.717, 1.165) is 38.1 Å². The van der Waals surface area contributed by atoms with Gasteiger partial charge in [0.05, 0.1) is 5.25 Å². The van der Waals surface area contributed by atoms with Crippen molar-refractivity contribution in [1.29, 1.82) is 0 Å². The second-order valence-corrected chi connectivity index (χ2v) is 7.97. The Morgan fingerprint density at radius 3 is 2.61 bits per heavy atom. The average molecular weight is 337 g/mol. The van der Waals surface area contributed by atoms with Gasteiger partial charge in [-0.1, -0.05) is 31.0 Å². The molecule has 2 aliphatic rings. The van der Waals surface area contributed by atoms with E-state index in [1.54, 1.807) is 4.68 Å². The van der Waals surface area contributed by atoms with Crippen molar-refractivity contribution in [3.05, 3.63) is 5.82 Å². The number of nitrogens with two attached hydrogens (primary N) is 1. The second-order valence-electron chi connectivity index (χ2n) is 6.66.